The van der Waals surface area contributed by atoms with Gasteiger partial charge in [-0.05, 0) is 24.5 Å². The van der Waals surface area contributed by atoms with Crippen LogP contribution in [-0.2, 0) is 6.42 Å². The summed E-state index contributed by atoms with van der Waals surface area (Å²) >= 11 is 6.05. The third-order valence-electron chi connectivity index (χ3n) is 2.92. The Bertz CT molecular complexity index is 557. The summed E-state index contributed by atoms with van der Waals surface area (Å²) in [4.78, 5) is 8.32. The monoisotopic (exact) mass is 276 g/mol. The van der Waals surface area contributed by atoms with Gasteiger partial charge in [0.2, 0.25) is 5.95 Å². The van der Waals surface area contributed by atoms with Gasteiger partial charge in [-0.1, -0.05) is 35.9 Å². The first-order valence-electron chi connectivity index (χ1n) is 6.19. The van der Waals surface area contributed by atoms with Gasteiger partial charge in [0, 0.05) is 13.6 Å². The second kappa shape index (κ2) is 6.38. The average Bonchev–Trinajstić information content (AvgIpc) is 2.43. The molecule has 0 amide bonds. The number of benzene rings is 1. The van der Waals surface area contributed by atoms with E-state index in [1.54, 1.807) is 13.2 Å². The molecule has 0 saturated heterocycles. The largest absolute Gasteiger partial charge is 0.368 e. The Hall–Kier alpha value is -1.81. The van der Waals surface area contributed by atoms with E-state index in [1.165, 1.54) is 11.1 Å². The van der Waals surface area contributed by atoms with Gasteiger partial charge in [-0.15, -0.1) is 0 Å². The summed E-state index contributed by atoms with van der Waals surface area (Å²) < 4.78 is 0. The predicted octanol–water partition coefficient (Wildman–Crippen LogP) is 3.13. The molecule has 0 atom stereocenters. The topological polar surface area (TPSA) is 49.8 Å². The van der Waals surface area contributed by atoms with Crippen molar-refractivity contribution in [1.29, 1.82) is 0 Å². The van der Waals surface area contributed by atoms with Crippen molar-refractivity contribution in [2.75, 3.05) is 24.2 Å². The summed E-state index contributed by atoms with van der Waals surface area (Å²) in [6.07, 6.45) is 2.53. The van der Waals surface area contributed by atoms with Crippen LogP contribution in [0.1, 0.15) is 11.1 Å². The fraction of sp³-hybridized carbons (Fsp3) is 0.286. The number of halogens is 1. The first kappa shape index (κ1) is 13.6. The van der Waals surface area contributed by atoms with Crippen LogP contribution in [0.3, 0.4) is 0 Å². The lowest BCUT2D eigenvalue weighted by atomic mass is 10.1. The summed E-state index contributed by atoms with van der Waals surface area (Å²) in [5.74, 6) is 1.22. The maximum Gasteiger partial charge on any atom is 0.224 e. The summed E-state index contributed by atoms with van der Waals surface area (Å²) in [5.41, 5.74) is 2.63. The molecule has 5 heteroatoms. The zero-order valence-corrected chi connectivity index (χ0v) is 11.8. The van der Waals surface area contributed by atoms with Gasteiger partial charge in [0.05, 0.1) is 6.20 Å². The molecule has 0 unspecified atom stereocenters. The van der Waals surface area contributed by atoms with Gasteiger partial charge >= 0.3 is 0 Å². The molecule has 0 radical (unpaired) electrons. The smallest absolute Gasteiger partial charge is 0.224 e. The molecule has 0 aliphatic carbocycles. The van der Waals surface area contributed by atoms with Crippen LogP contribution in [0.5, 0.6) is 0 Å². The fourth-order valence-electron chi connectivity index (χ4n) is 1.82. The van der Waals surface area contributed by atoms with E-state index in [2.05, 4.69) is 45.7 Å². The van der Waals surface area contributed by atoms with Crippen molar-refractivity contribution in [3.8, 4) is 0 Å². The lowest BCUT2D eigenvalue weighted by Gasteiger charge is -2.09. The van der Waals surface area contributed by atoms with Crippen LogP contribution in [0.25, 0.3) is 0 Å². The van der Waals surface area contributed by atoms with Crippen molar-refractivity contribution in [3.05, 3.63) is 46.6 Å². The van der Waals surface area contributed by atoms with Crippen molar-refractivity contribution in [3.63, 3.8) is 0 Å². The van der Waals surface area contributed by atoms with E-state index in [0.29, 0.717) is 16.8 Å². The van der Waals surface area contributed by atoms with E-state index in [1.807, 2.05) is 6.07 Å². The molecule has 2 N–H and O–H groups in total. The van der Waals surface area contributed by atoms with Crippen LogP contribution in [0, 0.1) is 6.92 Å². The molecular formula is C14H17ClN4. The van der Waals surface area contributed by atoms with E-state index in [-0.39, 0.29) is 0 Å². The van der Waals surface area contributed by atoms with Gasteiger partial charge in [-0.2, -0.15) is 4.98 Å². The second-order valence-electron chi connectivity index (χ2n) is 4.24. The lowest BCUT2D eigenvalue weighted by molar-refractivity contribution is 0.988. The first-order valence-corrected chi connectivity index (χ1v) is 6.57. The van der Waals surface area contributed by atoms with E-state index < -0.39 is 0 Å². The van der Waals surface area contributed by atoms with Crippen LogP contribution in [0.2, 0.25) is 5.02 Å². The Morgan fingerprint density at radius 2 is 2.05 bits per heavy atom. The highest BCUT2D eigenvalue weighted by molar-refractivity contribution is 6.32. The van der Waals surface area contributed by atoms with Crippen molar-refractivity contribution >= 4 is 23.4 Å². The molecule has 0 aliphatic heterocycles. The minimum Gasteiger partial charge on any atom is -0.368 e. The highest BCUT2D eigenvalue weighted by atomic mass is 35.5. The summed E-state index contributed by atoms with van der Waals surface area (Å²) in [5, 5.41) is 6.66. The molecule has 0 bridgehead atoms. The molecule has 2 rings (SSSR count). The minimum atomic E-state index is 0.531. The normalized spacial score (nSPS) is 10.3. The first-order chi connectivity index (χ1) is 9.20. The Morgan fingerprint density at radius 1 is 1.26 bits per heavy atom. The van der Waals surface area contributed by atoms with Crippen LogP contribution >= 0.6 is 11.6 Å². The molecule has 1 aromatic heterocycles. The Kier molecular flexibility index (Phi) is 4.58. The quantitative estimate of drug-likeness (QED) is 0.881. The van der Waals surface area contributed by atoms with Crippen LogP contribution in [0.15, 0.2) is 30.5 Å². The lowest BCUT2D eigenvalue weighted by Crippen LogP contribution is -2.09. The standard InChI is InChI=1S/C14H17ClN4/c1-10-5-3-4-6-11(10)7-8-17-13-12(15)9-18-14(16-2)19-13/h3-6,9H,7-8H2,1-2H3,(H2,16,17,18,19). The zero-order chi connectivity index (χ0) is 13.7. The van der Waals surface area contributed by atoms with Crippen molar-refractivity contribution in [2.45, 2.75) is 13.3 Å². The highest BCUT2D eigenvalue weighted by Crippen LogP contribution is 2.19. The number of hydrogen-bond donors (Lipinski definition) is 2. The van der Waals surface area contributed by atoms with Crippen molar-refractivity contribution in [2.24, 2.45) is 0 Å². The maximum atomic E-state index is 6.05. The number of anilines is 2. The zero-order valence-electron chi connectivity index (χ0n) is 11.1. The summed E-state index contributed by atoms with van der Waals surface area (Å²) in [6.45, 7) is 2.90. The number of nitrogens with one attached hydrogen (secondary N) is 2. The molecule has 100 valence electrons. The van der Waals surface area contributed by atoms with Crippen LogP contribution < -0.4 is 10.6 Å². The van der Waals surface area contributed by atoms with Gasteiger partial charge in [0.15, 0.2) is 0 Å². The van der Waals surface area contributed by atoms with Gasteiger partial charge in [-0.3, -0.25) is 0 Å². The fourth-order valence-corrected chi connectivity index (χ4v) is 1.98. The number of hydrogen-bond acceptors (Lipinski definition) is 4. The van der Waals surface area contributed by atoms with E-state index in [0.717, 1.165) is 13.0 Å². The van der Waals surface area contributed by atoms with Crippen molar-refractivity contribution in [1.82, 2.24) is 9.97 Å². The van der Waals surface area contributed by atoms with E-state index in [4.69, 9.17) is 11.6 Å². The average molecular weight is 277 g/mol. The number of aromatic nitrogens is 2. The van der Waals surface area contributed by atoms with Gasteiger partial charge in [0.25, 0.3) is 0 Å². The predicted molar refractivity (Wildman–Crippen MR) is 80.0 cm³/mol. The third-order valence-corrected chi connectivity index (χ3v) is 3.19. The van der Waals surface area contributed by atoms with E-state index in [9.17, 15) is 0 Å². The molecular weight excluding hydrogens is 260 g/mol. The number of aryl methyl sites for hydroxylation is 1. The molecule has 0 saturated carbocycles. The molecule has 19 heavy (non-hydrogen) atoms. The van der Waals surface area contributed by atoms with Crippen LogP contribution in [0.4, 0.5) is 11.8 Å². The molecule has 0 aliphatic rings. The van der Waals surface area contributed by atoms with Crippen LogP contribution in [-0.4, -0.2) is 23.6 Å². The Labute approximate surface area is 118 Å². The van der Waals surface area contributed by atoms with Gasteiger partial charge < -0.3 is 10.6 Å². The molecule has 1 heterocycles. The van der Waals surface area contributed by atoms with Gasteiger partial charge in [0.1, 0.15) is 10.8 Å². The number of rotatable bonds is 5. The molecule has 1 aromatic carbocycles. The minimum absolute atomic E-state index is 0.531. The van der Waals surface area contributed by atoms with E-state index >= 15 is 0 Å². The summed E-state index contributed by atoms with van der Waals surface area (Å²) in [6, 6.07) is 8.36. The Morgan fingerprint density at radius 3 is 2.79 bits per heavy atom. The summed E-state index contributed by atoms with van der Waals surface area (Å²) in [7, 11) is 1.78. The maximum absolute atomic E-state index is 6.05. The molecule has 0 fully saturated rings. The van der Waals surface area contributed by atoms with Gasteiger partial charge in [-0.25, -0.2) is 4.98 Å². The SMILES string of the molecule is CNc1ncc(Cl)c(NCCc2ccccc2C)n1. The second-order valence-corrected chi connectivity index (χ2v) is 4.65. The Balaban J connectivity index is 1.98. The molecule has 0 spiro atoms. The highest BCUT2D eigenvalue weighted by Gasteiger charge is 2.04. The molecule has 2 aromatic rings. The number of nitrogens with zero attached hydrogens (tertiary/aromatic N) is 2. The third kappa shape index (κ3) is 3.58. The molecule has 4 nitrogen and oxygen atoms in total. The van der Waals surface area contributed by atoms with Crippen molar-refractivity contribution < 1.29 is 0 Å².